The molecular weight excluding hydrogens is 298 g/mol. The highest BCUT2D eigenvalue weighted by Gasteiger charge is 2.31. The molecule has 1 heterocycles. The second-order valence-electron chi connectivity index (χ2n) is 5.45. The maximum atomic E-state index is 10.4. The Bertz CT molecular complexity index is 852. The van der Waals surface area contributed by atoms with Crippen molar-refractivity contribution in [1.29, 1.82) is 0 Å². The fourth-order valence-corrected chi connectivity index (χ4v) is 3.23. The Labute approximate surface area is 132 Å². The maximum Gasteiger partial charge on any atom is 0.224 e. The SMILES string of the molecule is OC1Cc2ccccc2C1Nc1nc(Cl)nc2ccccc12. The normalized spacial score (nSPS) is 20.1. The minimum absolute atomic E-state index is 0.189. The summed E-state index contributed by atoms with van der Waals surface area (Å²) in [6.45, 7) is 0. The first-order valence-corrected chi connectivity index (χ1v) is 7.55. The lowest BCUT2D eigenvalue weighted by Gasteiger charge is -2.19. The summed E-state index contributed by atoms with van der Waals surface area (Å²) in [6, 6.07) is 15.6. The summed E-state index contributed by atoms with van der Waals surface area (Å²) in [5.41, 5.74) is 3.05. The van der Waals surface area contributed by atoms with Crippen molar-refractivity contribution in [2.24, 2.45) is 0 Å². The van der Waals surface area contributed by atoms with Gasteiger partial charge in [0, 0.05) is 11.8 Å². The van der Waals surface area contributed by atoms with Crippen LogP contribution in [0.1, 0.15) is 17.2 Å². The fourth-order valence-electron chi connectivity index (χ4n) is 3.05. The van der Waals surface area contributed by atoms with Crippen LogP contribution in [0.2, 0.25) is 5.28 Å². The molecule has 0 bridgehead atoms. The van der Waals surface area contributed by atoms with Crippen molar-refractivity contribution in [2.75, 3.05) is 5.32 Å². The number of hydrogen-bond donors (Lipinski definition) is 2. The molecule has 1 aromatic heterocycles. The zero-order chi connectivity index (χ0) is 15.1. The van der Waals surface area contributed by atoms with Gasteiger partial charge < -0.3 is 10.4 Å². The van der Waals surface area contributed by atoms with Gasteiger partial charge in [0.1, 0.15) is 5.82 Å². The van der Waals surface area contributed by atoms with E-state index in [1.54, 1.807) is 0 Å². The smallest absolute Gasteiger partial charge is 0.224 e. The molecule has 1 aliphatic rings. The molecule has 0 amide bonds. The van der Waals surface area contributed by atoms with E-state index in [0.29, 0.717) is 12.2 Å². The maximum absolute atomic E-state index is 10.4. The van der Waals surface area contributed by atoms with E-state index in [-0.39, 0.29) is 11.3 Å². The van der Waals surface area contributed by atoms with E-state index in [9.17, 15) is 5.11 Å². The van der Waals surface area contributed by atoms with E-state index in [1.807, 2.05) is 48.5 Å². The number of aliphatic hydroxyl groups is 1. The predicted molar refractivity (Wildman–Crippen MR) is 87.1 cm³/mol. The Morgan fingerprint density at radius 2 is 1.82 bits per heavy atom. The van der Waals surface area contributed by atoms with Crippen LogP contribution in [0.5, 0.6) is 0 Å². The molecule has 22 heavy (non-hydrogen) atoms. The number of fused-ring (bicyclic) bond motifs is 2. The lowest BCUT2D eigenvalue weighted by molar-refractivity contribution is 0.165. The Morgan fingerprint density at radius 1 is 1.05 bits per heavy atom. The van der Waals surface area contributed by atoms with Crippen LogP contribution in [0.4, 0.5) is 5.82 Å². The number of aliphatic hydroxyl groups excluding tert-OH is 1. The van der Waals surface area contributed by atoms with Crippen molar-refractivity contribution in [1.82, 2.24) is 9.97 Å². The van der Waals surface area contributed by atoms with Gasteiger partial charge in [-0.05, 0) is 34.9 Å². The van der Waals surface area contributed by atoms with Gasteiger partial charge in [0.25, 0.3) is 0 Å². The van der Waals surface area contributed by atoms with Gasteiger partial charge in [0.05, 0.1) is 17.7 Å². The number of hydrogen-bond acceptors (Lipinski definition) is 4. The van der Waals surface area contributed by atoms with Gasteiger partial charge in [-0.1, -0.05) is 36.4 Å². The van der Waals surface area contributed by atoms with E-state index >= 15 is 0 Å². The Hall–Kier alpha value is -2.17. The van der Waals surface area contributed by atoms with Gasteiger partial charge in [-0.3, -0.25) is 0 Å². The molecule has 5 heteroatoms. The highest BCUT2D eigenvalue weighted by atomic mass is 35.5. The Balaban J connectivity index is 1.78. The first-order chi connectivity index (χ1) is 10.7. The lowest BCUT2D eigenvalue weighted by Crippen LogP contribution is -2.22. The van der Waals surface area contributed by atoms with E-state index in [1.165, 1.54) is 0 Å². The molecule has 0 spiro atoms. The monoisotopic (exact) mass is 311 g/mol. The summed E-state index contributed by atoms with van der Waals surface area (Å²) in [6.07, 6.45) is 0.162. The molecule has 110 valence electrons. The summed E-state index contributed by atoms with van der Waals surface area (Å²) in [4.78, 5) is 8.53. The number of nitrogens with zero attached hydrogens (tertiary/aromatic N) is 2. The minimum atomic E-state index is -0.482. The molecular formula is C17H14ClN3O. The van der Waals surface area contributed by atoms with Crippen LogP contribution >= 0.6 is 11.6 Å². The zero-order valence-corrected chi connectivity index (χ0v) is 12.5. The molecule has 4 nitrogen and oxygen atoms in total. The molecule has 0 saturated heterocycles. The second kappa shape index (κ2) is 5.23. The highest BCUT2D eigenvalue weighted by Crippen LogP contribution is 2.35. The molecule has 4 rings (SSSR count). The number of rotatable bonds is 2. The Kier molecular flexibility index (Phi) is 3.21. The number of anilines is 1. The van der Waals surface area contributed by atoms with Crippen molar-refractivity contribution in [2.45, 2.75) is 18.6 Å². The zero-order valence-electron chi connectivity index (χ0n) is 11.7. The molecule has 1 aliphatic carbocycles. The third-order valence-corrected chi connectivity index (χ3v) is 4.24. The van der Waals surface area contributed by atoms with Gasteiger partial charge in [-0.25, -0.2) is 9.97 Å². The van der Waals surface area contributed by atoms with Gasteiger partial charge in [-0.15, -0.1) is 0 Å². The van der Waals surface area contributed by atoms with Crippen LogP contribution in [0, 0.1) is 0 Å². The Morgan fingerprint density at radius 3 is 2.73 bits per heavy atom. The van der Waals surface area contributed by atoms with E-state index in [2.05, 4.69) is 15.3 Å². The number of aromatic nitrogens is 2. The largest absolute Gasteiger partial charge is 0.390 e. The molecule has 0 fully saturated rings. The highest BCUT2D eigenvalue weighted by molar-refractivity contribution is 6.28. The predicted octanol–water partition coefficient (Wildman–Crippen LogP) is 3.35. The molecule has 2 atom stereocenters. The van der Waals surface area contributed by atoms with Crippen molar-refractivity contribution < 1.29 is 5.11 Å². The number of nitrogens with one attached hydrogen (secondary N) is 1. The van der Waals surface area contributed by atoms with Gasteiger partial charge >= 0.3 is 0 Å². The van der Waals surface area contributed by atoms with E-state index in [4.69, 9.17) is 11.6 Å². The van der Waals surface area contributed by atoms with Crippen LogP contribution < -0.4 is 5.32 Å². The van der Waals surface area contributed by atoms with Crippen molar-refractivity contribution >= 4 is 28.3 Å². The molecule has 2 aromatic carbocycles. The molecule has 0 saturated carbocycles. The number of halogens is 1. The summed E-state index contributed by atoms with van der Waals surface area (Å²) in [5.74, 6) is 0.649. The number of benzene rings is 2. The van der Waals surface area contributed by atoms with Crippen LogP contribution in [-0.4, -0.2) is 21.2 Å². The number of para-hydroxylation sites is 1. The van der Waals surface area contributed by atoms with Crippen molar-refractivity contribution in [3.05, 3.63) is 64.9 Å². The molecule has 2 N–H and O–H groups in total. The average molecular weight is 312 g/mol. The molecule has 2 unspecified atom stereocenters. The fraction of sp³-hybridized carbons (Fsp3) is 0.176. The summed E-state index contributed by atoms with van der Waals surface area (Å²) in [5, 5.41) is 14.8. The summed E-state index contributed by atoms with van der Waals surface area (Å²) < 4.78 is 0. The lowest BCUT2D eigenvalue weighted by atomic mass is 10.1. The van der Waals surface area contributed by atoms with Crippen molar-refractivity contribution in [3.8, 4) is 0 Å². The van der Waals surface area contributed by atoms with Gasteiger partial charge in [0.15, 0.2) is 0 Å². The van der Waals surface area contributed by atoms with Crippen LogP contribution in [-0.2, 0) is 6.42 Å². The molecule has 0 aliphatic heterocycles. The topological polar surface area (TPSA) is 58.0 Å². The first-order valence-electron chi connectivity index (χ1n) is 7.17. The average Bonchev–Trinajstić information content (AvgIpc) is 2.83. The molecule has 0 radical (unpaired) electrons. The van der Waals surface area contributed by atoms with Gasteiger partial charge in [0.2, 0.25) is 5.28 Å². The van der Waals surface area contributed by atoms with E-state index < -0.39 is 6.10 Å². The van der Waals surface area contributed by atoms with Gasteiger partial charge in [-0.2, -0.15) is 0 Å². The van der Waals surface area contributed by atoms with E-state index in [0.717, 1.165) is 22.0 Å². The first kappa shape index (κ1) is 13.5. The molecule has 3 aromatic rings. The van der Waals surface area contributed by atoms with Crippen LogP contribution in [0.25, 0.3) is 10.9 Å². The standard InChI is InChI=1S/C17H14ClN3O/c18-17-19-13-8-4-3-7-12(13)16(21-17)20-15-11-6-2-1-5-10(11)9-14(15)22/h1-8,14-15,22H,9H2,(H,19,20,21). The second-order valence-corrected chi connectivity index (χ2v) is 5.79. The third kappa shape index (κ3) is 2.21. The quantitative estimate of drug-likeness (QED) is 0.713. The third-order valence-electron chi connectivity index (χ3n) is 4.07. The van der Waals surface area contributed by atoms with Crippen LogP contribution in [0.15, 0.2) is 48.5 Å². The minimum Gasteiger partial charge on any atom is -0.390 e. The van der Waals surface area contributed by atoms with Crippen molar-refractivity contribution in [3.63, 3.8) is 0 Å². The summed E-state index contributed by atoms with van der Waals surface area (Å²) in [7, 11) is 0. The summed E-state index contributed by atoms with van der Waals surface area (Å²) >= 11 is 6.02. The van der Waals surface area contributed by atoms with Crippen LogP contribution in [0.3, 0.4) is 0 Å².